The van der Waals surface area contributed by atoms with Gasteiger partial charge in [0.15, 0.2) is 0 Å². The Morgan fingerprint density at radius 2 is 1.63 bits per heavy atom. The van der Waals surface area contributed by atoms with Crippen LogP contribution in [0.1, 0.15) is 11.1 Å². The monoisotopic (exact) mass is 274 g/mol. The average molecular weight is 275 g/mol. The lowest BCUT2D eigenvalue weighted by molar-refractivity contribution is 0.413. The molecule has 2 rings (SSSR count). The van der Waals surface area contributed by atoms with Crippen molar-refractivity contribution in [3.63, 3.8) is 0 Å². The Bertz CT molecular complexity index is 574. The fourth-order valence-electron chi connectivity index (χ4n) is 1.91. The lowest BCUT2D eigenvalue weighted by Gasteiger charge is -2.12. The highest BCUT2D eigenvalue weighted by atomic mass is 35.5. The van der Waals surface area contributed by atoms with Crippen LogP contribution < -0.4 is 9.47 Å². The summed E-state index contributed by atoms with van der Waals surface area (Å²) in [5, 5.41) is 0. The first-order chi connectivity index (χ1) is 9.30. The molecule has 0 radical (unpaired) electrons. The van der Waals surface area contributed by atoms with Gasteiger partial charge in [0.25, 0.3) is 0 Å². The third-order valence-corrected chi connectivity index (χ3v) is 3.13. The number of methoxy groups -OCH3 is 2. The number of halogens is 1. The minimum absolute atomic E-state index is 0.796. The van der Waals surface area contributed by atoms with E-state index in [1.807, 2.05) is 48.5 Å². The molecule has 0 bridgehead atoms. The van der Waals surface area contributed by atoms with Crippen molar-refractivity contribution in [3.05, 3.63) is 65.2 Å². The normalized spacial score (nSPS) is 11.2. The van der Waals surface area contributed by atoms with Gasteiger partial charge >= 0.3 is 0 Å². The average Bonchev–Trinajstić information content (AvgIpc) is 2.49. The molecule has 0 atom stereocenters. The fraction of sp³-hybridized carbons (Fsp3) is 0.125. The van der Waals surface area contributed by atoms with Gasteiger partial charge in [-0.2, -0.15) is 0 Å². The van der Waals surface area contributed by atoms with E-state index in [1.165, 1.54) is 0 Å². The first-order valence-corrected chi connectivity index (χ1v) is 6.32. The smallest absolute Gasteiger partial charge is 0.126 e. The molecule has 0 N–H and O–H groups in total. The van der Waals surface area contributed by atoms with E-state index in [-0.39, 0.29) is 0 Å². The number of hydrogen-bond donors (Lipinski definition) is 0. The largest absolute Gasteiger partial charge is 0.497 e. The molecule has 0 aliphatic heterocycles. The van der Waals surface area contributed by atoms with Crippen LogP contribution in [0.4, 0.5) is 0 Å². The summed E-state index contributed by atoms with van der Waals surface area (Å²) < 4.78 is 10.5. The minimum Gasteiger partial charge on any atom is -0.497 e. The van der Waals surface area contributed by atoms with Gasteiger partial charge in [0.1, 0.15) is 11.5 Å². The quantitative estimate of drug-likeness (QED) is 0.826. The van der Waals surface area contributed by atoms with Crippen molar-refractivity contribution in [2.45, 2.75) is 0 Å². The fourth-order valence-corrected chi connectivity index (χ4v) is 2.16. The predicted molar refractivity (Wildman–Crippen MR) is 78.9 cm³/mol. The summed E-state index contributed by atoms with van der Waals surface area (Å²) in [5.41, 5.74) is 4.46. The van der Waals surface area contributed by atoms with Gasteiger partial charge in [0, 0.05) is 16.7 Å². The van der Waals surface area contributed by atoms with E-state index in [1.54, 1.807) is 19.8 Å². The van der Waals surface area contributed by atoms with Gasteiger partial charge in [0.05, 0.1) is 14.2 Å². The Morgan fingerprint density at radius 1 is 0.947 bits per heavy atom. The number of ether oxygens (including phenoxy) is 2. The molecule has 0 aromatic heterocycles. The lowest BCUT2D eigenvalue weighted by atomic mass is 9.98. The van der Waals surface area contributed by atoms with Gasteiger partial charge < -0.3 is 9.47 Å². The molecule has 2 nitrogen and oxygen atoms in total. The molecule has 0 fully saturated rings. The van der Waals surface area contributed by atoms with E-state index in [2.05, 4.69) is 0 Å². The van der Waals surface area contributed by atoms with Crippen molar-refractivity contribution in [1.82, 2.24) is 0 Å². The van der Waals surface area contributed by atoms with Crippen LogP contribution in [0.3, 0.4) is 0 Å². The minimum atomic E-state index is 0.796. The van der Waals surface area contributed by atoms with Crippen molar-refractivity contribution >= 4 is 17.2 Å². The van der Waals surface area contributed by atoms with Crippen molar-refractivity contribution in [2.24, 2.45) is 0 Å². The van der Waals surface area contributed by atoms with E-state index in [0.29, 0.717) is 0 Å². The zero-order chi connectivity index (χ0) is 13.7. The molecule has 2 aromatic rings. The number of benzene rings is 2. The third-order valence-electron chi connectivity index (χ3n) is 2.91. The Hall–Kier alpha value is -1.93. The van der Waals surface area contributed by atoms with Crippen LogP contribution in [0.15, 0.2) is 54.1 Å². The Morgan fingerprint density at radius 3 is 2.21 bits per heavy atom. The summed E-state index contributed by atoms with van der Waals surface area (Å²) in [4.78, 5) is 0. The number of hydrogen-bond acceptors (Lipinski definition) is 2. The summed E-state index contributed by atoms with van der Waals surface area (Å²) in [7, 11) is 3.30. The molecule has 0 aliphatic rings. The summed E-state index contributed by atoms with van der Waals surface area (Å²) in [5.74, 6) is 1.61. The van der Waals surface area contributed by atoms with E-state index in [0.717, 1.165) is 28.2 Å². The predicted octanol–water partition coefficient (Wildman–Crippen LogP) is 4.33. The number of para-hydroxylation sites is 1. The van der Waals surface area contributed by atoms with Crippen LogP contribution >= 0.6 is 11.6 Å². The van der Waals surface area contributed by atoms with Crippen LogP contribution in [0, 0.1) is 0 Å². The maximum Gasteiger partial charge on any atom is 0.126 e. The van der Waals surface area contributed by atoms with Crippen molar-refractivity contribution < 1.29 is 9.47 Å². The molecule has 0 amide bonds. The topological polar surface area (TPSA) is 18.5 Å². The van der Waals surface area contributed by atoms with E-state index in [9.17, 15) is 0 Å². The lowest BCUT2D eigenvalue weighted by Crippen LogP contribution is -1.93. The van der Waals surface area contributed by atoms with Gasteiger partial charge in [0.2, 0.25) is 0 Å². The zero-order valence-electron chi connectivity index (χ0n) is 10.9. The second kappa shape index (κ2) is 6.30. The molecule has 19 heavy (non-hydrogen) atoms. The van der Waals surface area contributed by atoms with Crippen LogP contribution in [-0.2, 0) is 0 Å². The maximum absolute atomic E-state index is 5.99. The second-order valence-corrected chi connectivity index (χ2v) is 4.17. The van der Waals surface area contributed by atoms with Crippen molar-refractivity contribution in [1.29, 1.82) is 0 Å². The van der Waals surface area contributed by atoms with Crippen LogP contribution in [0.5, 0.6) is 11.5 Å². The molecular formula is C16H15ClO2. The van der Waals surface area contributed by atoms with Gasteiger partial charge in [-0.1, -0.05) is 41.9 Å². The molecule has 98 valence electrons. The van der Waals surface area contributed by atoms with Crippen LogP contribution in [0.25, 0.3) is 5.57 Å². The molecule has 0 saturated carbocycles. The molecule has 0 saturated heterocycles. The maximum atomic E-state index is 5.99. The van der Waals surface area contributed by atoms with E-state index < -0.39 is 0 Å². The number of rotatable bonds is 4. The zero-order valence-corrected chi connectivity index (χ0v) is 11.6. The molecule has 0 unspecified atom stereocenters. The van der Waals surface area contributed by atoms with Gasteiger partial charge in [-0.3, -0.25) is 0 Å². The molecule has 3 heteroatoms. The Labute approximate surface area is 118 Å². The van der Waals surface area contributed by atoms with E-state index in [4.69, 9.17) is 21.1 Å². The summed E-state index contributed by atoms with van der Waals surface area (Å²) in [6.45, 7) is 0. The highest BCUT2D eigenvalue weighted by Crippen LogP contribution is 2.32. The first-order valence-electron chi connectivity index (χ1n) is 5.88. The summed E-state index contributed by atoms with van der Waals surface area (Å²) in [6, 6.07) is 15.6. The van der Waals surface area contributed by atoms with Crippen LogP contribution in [-0.4, -0.2) is 14.2 Å². The summed E-state index contributed by atoms with van der Waals surface area (Å²) >= 11 is 5.99. The SMILES string of the molecule is COc1ccc(/C(=C\Cl)c2ccccc2OC)cc1. The van der Waals surface area contributed by atoms with Gasteiger partial charge in [-0.05, 0) is 23.8 Å². The molecule has 0 spiro atoms. The molecular weight excluding hydrogens is 260 g/mol. The van der Waals surface area contributed by atoms with E-state index >= 15 is 0 Å². The molecule has 0 aliphatic carbocycles. The Kier molecular flexibility index (Phi) is 4.48. The van der Waals surface area contributed by atoms with Gasteiger partial charge in [-0.25, -0.2) is 0 Å². The standard InChI is InChI=1S/C16H15ClO2/c1-18-13-9-7-12(8-10-13)15(11-17)14-5-3-4-6-16(14)19-2/h3-11H,1-2H3/b15-11+. The second-order valence-electron chi connectivity index (χ2n) is 3.95. The van der Waals surface area contributed by atoms with Crippen LogP contribution in [0.2, 0.25) is 0 Å². The first kappa shape index (κ1) is 13.5. The third kappa shape index (κ3) is 2.91. The summed E-state index contributed by atoms with van der Waals surface area (Å²) in [6.07, 6.45) is 0. The van der Waals surface area contributed by atoms with Crippen molar-refractivity contribution in [2.75, 3.05) is 14.2 Å². The molecule has 2 aromatic carbocycles. The Balaban J connectivity index is 2.44. The highest BCUT2D eigenvalue weighted by Gasteiger charge is 2.09. The van der Waals surface area contributed by atoms with Crippen molar-refractivity contribution in [3.8, 4) is 11.5 Å². The highest BCUT2D eigenvalue weighted by molar-refractivity contribution is 6.29. The molecule has 0 heterocycles. The van der Waals surface area contributed by atoms with Gasteiger partial charge in [-0.15, -0.1) is 0 Å².